The third-order valence-corrected chi connectivity index (χ3v) is 7.50. The summed E-state index contributed by atoms with van der Waals surface area (Å²) < 4.78 is 43.2. The van der Waals surface area contributed by atoms with E-state index in [1.165, 1.54) is 14.2 Å². The molecule has 0 spiro atoms. The highest BCUT2D eigenvalue weighted by Gasteiger charge is 2.25. The minimum atomic E-state index is -3.25. The van der Waals surface area contributed by atoms with Gasteiger partial charge in [0.05, 0.1) is 13.2 Å². The van der Waals surface area contributed by atoms with E-state index in [4.69, 9.17) is 18.1 Å². The van der Waals surface area contributed by atoms with Gasteiger partial charge in [-0.3, -0.25) is 9.05 Å². The van der Waals surface area contributed by atoms with Crippen LogP contribution in [0, 0.1) is 0 Å². The van der Waals surface area contributed by atoms with Crippen molar-refractivity contribution in [1.29, 1.82) is 0 Å². The summed E-state index contributed by atoms with van der Waals surface area (Å²) in [5.41, 5.74) is 0. The molecule has 0 aromatic heterocycles. The van der Waals surface area contributed by atoms with E-state index in [2.05, 4.69) is 5.09 Å². The molecule has 7 nitrogen and oxygen atoms in total. The van der Waals surface area contributed by atoms with Crippen LogP contribution < -0.4 is 5.09 Å². The van der Waals surface area contributed by atoms with Crippen LogP contribution in [0.4, 0.5) is 0 Å². The molecule has 0 aliphatic rings. The lowest BCUT2D eigenvalue weighted by molar-refractivity contribution is 0.211. The summed E-state index contributed by atoms with van der Waals surface area (Å²) in [6.45, 7) is 1.24. The van der Waals surface area contributed by atoms with Gasteiger partial charge < -0.3 is 9.05 Å². The summed E-state index contributed by atoms with van der Waals surface area (Å²) in [7, 11) is -0.622. The van der Waals surface area contributed by atoms with Crippen LogP contribution in [0.2, 0.25) is 0 Å². The lowest BCUT2D eigenvalue weighted by Gasteiger charge is -2.18. The molecule has 0 aromatic rings. The van der Waals surface area contributed by atoms with Crippen molar-refractivity contribution >= 4 is 25.9 Å². The summed E-state index contributed by atoms with van der Waals surface area (Å²) >= 11 is 1.02. The summed E-state index contributed by atoms with van der Waals surface area (Å²) in [5.74, 6) is 0.392. The van der Waals surface area contributed by atoms with E-state index in [1.807, 2.05) is 0 Å². The molecule has 0 aromatic carbocycles. The highest BCUT2D eigenvalue weighted by Crippen LogP contribution is 2.59. The topological polar surface area (TPSA) is 83.1 Å². The van der Waals surface area contributed by atoms with Crippen molar-refractivity contribution in [3.05, 3.63) is 0 Å². The fourth-order valence-electron chi connectivity index (χ4n) is 0.988. The fourth-order valence-corrected chi connectivity index (χ4v) is 4.82. The smallest absolute Gasteiger partial charge is 0.304 e. The molecule has 0 unspecified atom stereocenters. The van der Waals surface area contributed by atoms with Crippen LogP contribution in [-0.4, -0.2) is 39.7 Å². The van der Waals surface area contributed by atoms with E-state index in [0.29, 0.717) is 12.3 Å². The van der Waals surface area contributed by atoms with Crippen LogP contribution >= 0.6 is 25.9 Å². The quantitative estimate of drug-likeness (QED) is 0.459. The van der Waals surface area contributed by atoms with Gasteiger partial charge in [0.1, 0.15) is 0 Å². The Hall–Kier alpha value is 0.610. The van der Waals surface area contributed by atoms with Crippen LogP contribution in [0.5, 0.6) is 0 Å². The van der Waals surface area contributed by atoms with Gasteiger partial charge in [0, 0.05) is 26.5 Å². The molecule has 0 heterocycles. The van der Waals surface area contributed by atoms with Crippen LogP contribution in [0.25, 0.3) is 0 Å². The molecule has 0 bridgehead atoms. The third-order valence-electron chi connectivity index (χ3n) is 1.70. The molecular weight excluding hydrogens is 300 g/mol. The van der Waals surface area contributed by atoms with Gasteiger partial charge in [0.15, 0.2) is 0 Å². The number of hydrogen-bond acceptors (Lipinski definition) is 7. The van der Waals surface area contributed by atoms with Crippen LogP contribution in [-0.2, 0) is 27.2 Å². The average molecular weight is 321 g/mol. The van der Waals surface area contributed by atoms with Crippen molar-refractivity contribution in [2.75, 3.05) is 39.7 Å². The average Bonchev–Trinajstić information content (AvgIpc) is 2.35. The molecule has 0 rings (SSSR count). The number of rotatable bonds is 11. The zero-order valence-corrected chi connectivity index (χ0v) is 13.7. The lowest BCUT2D eigenvalue weighted by atomic mass is 10.8. The fraction of sp³-hybridized carbons (Fsp3) is 1.00. The van der Waals surface area contributed by atoms with Crippen LogP contribution in [0.3, 0.4) is 0 Å². The molecule has 1 N–H and O–H groups in total. The van der Waals surface area contributed by atoms with E-state index in [1.54, 1.807) is 13.8 Å². The van der Waals surface area contributed by atoms with Crippen LogP contribution in [0.1, 0.15) is 13.8 Å². The summed E-state index contributed by atoms with van der Waals surface area (Å²) in [6, 6.07) is 0. The van der Waals surface area contributed by atoms with E-state index in [-0.39, 0.29) is 13.2 Å². The molecule has 0 aliphatic carbocycles. The molecule has 0 aliphatic heterocycles. The summed E-state index contributed by atoms with van der Waals surface area (Å²) in [5, 5.41) is 2.68. The second-order valence-corrected chi connectivity index (χ2v) is 9.12. The Balaban J connectivity index is 4.08. The minimum absolute atomic E-state index is 0.284. The van der Waals surface area contributed by atoms with Crippen LogP contribution in [0.15, 0.2) is 0 Å². The lowest BCUT2D eigenvalue weighted by Crippen LogP contribution is -2.17. The maximum absolute atomic E-state index is 12.0. The zero-order valence-electron chi connectivity index (χ0n) is 11.1. The molecule has 110 valence electrons. The second kappa shape index (κ2) is 9.50. The highest BCUT2D eigenvalue weighted by molar-refractivity contribution is 8.55. The molecule has 18 heavy (non-hydrogen) atoms. The molecule has 10 heteroatoms. The monoisotopic (exact) mass is 321 g/mol. The Labute approximate surface area is 112 Å². The maximum Gasteiger partial charge on any atom is 0.405 e. The van der Waals surface area contributed by atoms with Gasteiger partial charge in [-0.25, -0.2) is 14.2 Å². The van der Waals surface area contributed by atoms with E-state index in [0.717, 1.165) is 11.4 Å². The first-order valence-electron chi connectivity index (χ1n) is 5.45. The summed E-state index contributed by atoms with van der Waals surface area (Å²) in [6.07, 6.45) is 0. The SMILES string of the molecule is CCOP(=O)(NCCSP(=O)(OC)OC)OCC. The Morgan fingerprint density at radius 3 is 1.94 bits per heavy atom. The first kappa shape index (κ1) is 18.6. The van der Waals surface area contributed by atoms with E-state index in [9.17, 15) is 9.13 Å². The Morgan fingerprint density at radius 1 is 1.06 bits per heavy atom. The van der Waals surface area contributed by atoms with Gasteiger partial charge in [0.2, 0.25) is 0 Å². The molecule has 0 amide bonds. The zero-order chi connectivity index (χ0) is 14.1. The Bertz CT molecular complexity index is 298. The van der Waals surface area contributed by atoms with Gasteiger partial charge >= 0.3 is 14.5 Å². The molecule has 0 radical (unpaired) electrons. The van der Waals surface area contributed by atoms with Gasteiger partial charge in [-0.15, -0.1) is 0 Å². The number of hydrogen-bond donors (Lipinski definition) is 1. The van der Waals surface area contributed by atoms with E-state index >= 15 is 0 Å². The minimum Gasteiger partial charge on any atom is -0.304 e. The van der Waals surface area contributed by atoms with Crippen molar-refractivity contribution in [2.45, 2.75) is 13.8 Å². The predicted molar refractivity (Wildman–Crippen MR) is 72.9 cm³/mol. The van der Waals surface area contributed by atoms with Crippen molar-refractivity contribution in [3.63, 3.8) is 0 Å². The standard InChI is InChI=1S/C8H21NO6P2S/c1-5-14-16(10,15-6-2)9-7-8-18-17(11,12-3)13-4/h5-8H2,1-4H3,(H,9,10). The summed E-state index contributed by atoms with van der Waals surface area (Å²) in [4.78, 5) is 0. The first-order valence-corrected chi connectivity index (χ1v) is 10.1. The molecular formula is C8H21NO6P2S. The first-order chi connectivity index (χ1) is 8.45. The third kappa shape index (κ3) is 7.26. The van der Waals surface area contributed by atoms with Gasteiger partial charge in [-0.05, 0) is 25.2 Å². The highest BCUT2D eigenvalue weighted by atomic mass is 32.7. The normalized spacial score (nSPS) is 12.9. The number of nitrogens with one attached hydrogen (secondary N) is 1. The Kier molecular flexibility index (Phi) is 9.83. The predicted octanol–water partition coefficient (Wildman–Crippen LogP) is 2.89. The van der Waals surface area contributed by atoms with Crippen molar-refractivity contribution in [1.82, 2.24) is 5.09 Å². The largest absolute Gasteiger partial charge is 0.405 e. The van der Waals surface area contributed by atoms with Gasteiger partial charge in [0.25, 0.3) is 0 Å². The van der Waals surface area contributed by atoms with E-state index < -0.39 is 14.5 Å². The molecule has 0 atom stereocenters. The van der Waals surface area contributed by atoms with Gasteiger partial charge in [-0.2, -0.15) is 0 Å². The Morgan fingerprint density at radius 2 is 1.56 bits per heavy atom. The molecule has 0 saturated carbocycles. The van der Waals surface area contributed by atoms with Crippen molar-refractivity contribution in [2.24, 2.45) is 0 Å². The molecule has 0 fully saturated rings. The molecule has 0 saturated heterocycles. The van der Waals surface area contributed by atoms with Crippen molar-refractivity contribution in [3.8, 4) is 0 Å². The maximum atomic E-state index is 12.0. The second-order valence-electron chi connectivity index (χ2n) is 2.89. The van der Waals surface area contributed by atoms with Crippen molar-refractivity contribution < 1.29 is 27.2 Å². The van der Waals surface area contributed by atoms with Gasteiger partial charge in [-0.1, -0.05) is 0 Å².